The van der Waals surface area contributed by atoms with Crippen molar-refractivity contribution in [2.75, 3.05) is 5.73 Å². The second-order valence-corrected chi connectivity index (χ2v) is 3.10. The third-order valence-corrected chi connectivity index (χ3v) is 2.30. The molecule has 2 aromatic heterocycles. The monoisotopic (exact) mass is 172 g/mol. The SMILES string of the molecule is Nc1ncc2c3c1ncn3CC=C2. The first kappa shape index (κ1) is 6.65. The molecule has 0 atom stereocenters. The second kappa shape index (κ2) is 2.10. The highest BCUT2D eigenvalue weighted by atomic mass is 15.1. The molecule has 3 heterocycles. The zero-order valence-electron chi connectivity index (χ0n) is 6.94. The number of nitrogen functional groups attached to an aromatic ring is 1. The summed E-state index contributed by atoms with van der Waals surface area (Å²) in [7, 11) is 0. The maximum Gasteiger partial charge on any atom is 0.151 e. The Labute approximate surface area is 74.7 Å². The highest BCUT2D eigenvalue weighted by Gasteiger charge is 2.11. The van der Waals surface area contributed by atoms with Gasteiger partial charge in [0.15, 0.2) is 5.82 Å². The number of rotatable bonds is 0. The number of pyridine rings is 1. The Morgan fingerprint density at radius 3 is 3.23 bits per heavy atom. The fourth-order valence-corrected chi connectivity index (χ4v) is 1.69. The molecule has 64 valence electrons. The number of aromatic nitrogens is 3. The van der Waals surface area contributed by atoms with Crippen molar-refractivity contribution < 1.29 is 0 Å². The van der Waals surface area contributed by atoms with Gasteiger partial charge in [-0.15, -0.1) is 0 Å². The standard InChI is InChI=1S/C9H8N4/c10-9-7-8-6(4-11-9)2-1-3-13(8)5-12-7/h1-2,4-5H,3H2,(H2,10,11). The van der Waals surface area contributed by atoms with Gasteiger partial charge in [-0.05, 0) is 0 Å². The van der Waals surface area contributed by atoms with Gasteiger partial charge in [-0.1, -0.05) is 12.2 Å². The van der Waals surface area contributed by atoms with Gasteiger partial charge in [0.05, 0.1) is 11.8 Å². The van der Waals surface area contributed by atoms with Crippen molar-refractivity contribution in [2.45, 2.75) is 6.54 Å². The van der Waals surface area contributed by atoms with Gasteiger partial charge in [-0.2, -0.15) is 0 Å². The summed E-state index contributed by atoms with van der Waals surface area (Å²) in [6, 6.07) is 0. The van der Waals surface area contributed by atoms with Crippen molar-refractivity contribution in [3.63, 3.8) is 0 Å². The molecule has 0 saturated carbocycles. The Bertz CT molecular complexity index is 510. The minimum Gasteiger partial charge on any atom is -0.382 e. The first-order chi connectivity index (χ1) is 6.36. The van der Waals surface area contributed by atoms with Crippen molar-refractivity contribution in [3.05, 3.63) is 24.2 Å². The molecule has 2 aromatic rings. The molecule has 0 saturated heterocycles. The topological polar surface area (TPSA) is 56.7 Å². The lowest BCUT2D eigenvalue weighted by molar-refractivity contribution is 0.844. The molecule has 13 heavy (non-hydrogen) atoms. The summed E-state index contributed by atoms with van der Waals surface area (Å²) in [5, 5.41) is 0. The molecule has 0 amide bonds. The molecule has 0 fully saturated rings. The molecule has 1 aliphatic rings. The summed E-state index contributed by atoms with van der Waals surface area (Å²) in [5.74, 6) is 0.507. The minimum atomic E-state index is 0.507. The summed E-state index contributed by atoms with van der Waals surface area (Å²) in [6.45, 7) is 0.868. The van der Waals surface area contributed by atoms with Crippen LogP contribution in [0.15, 0.2) is 18.6 Å². The lowest BCUT2D eigenvalue weighted by Gasteiger charge is -2.08. The molecular weight excluding hydrogens is 164 g/mol. The van der Waals surface area contributed by atoms with E-state index in [-0.39, 0.29) is 0 Å². The highest BCUT2D eigenvalue weighted by molar-refractivity contribution is 5.92. The van der Waals surface area contributed by atoms with Gasteiger partial charge in [0.2, 0.25) is 0 Å². The van der Waals surface area contributed by atoms with Crippen LogP contribution in [0, 0.1) is 0 Å². The van der Waals surface area contributed by atoms with Crippen LogP contribution in [0.25, 0.3) is 17.1 Å². The number of anilines is 1. The normalized spacial score (nSPS) is 13.8. The van der Waals surface area contributed by atoms with Crippen LogP contribution in [0.2, 0.25) is 0 Å². The van der Waals surface area contributed by atoms with Gasteiger partial charge in [-0.3, -0.25) is 0 Å². The maximum atomic E-state index is 5.71. The predicted octanol–water partition coefficient (Wildman–Crippen LogP) is 1.04. The van der Waals surface area contributed by atoms with Crippen LogP contribution in [0.1, 0.15) is 5.56 Å². The zero-order chi connectivity index (χ0) is 8.84. The van der Waals surface area contributed by atoms with Gasteiger partial charge < -0.3 is 10.3 Å². The molecule has 0 aliphatic carbocycles. The largest absolute Gasteiger partial charge is 0.382 e. The third kappa shape index (κ3) is 0.744. The van der Waals surface area contributed by atoms with Gasteiger partial charge in [0, 0.05) is 18.3 Å². The summed E-state index contributed by atoms with van der Waals surface area (Å²) >= 11 is 0. The lowest BCUT2D eigenvalue weighted by atomic mass is 10.2. The molecule has 0 spiro atoms. The second-order valence-electron chi connectivity index (χ2n) is 3.10. The van der Waals surface area contributed by atoms with E-state index < -0.39 is 0 Å². The quantitative estimate of drug-likeness (QED) is 0.646. The van der Waals surface area contributed by atoms with Crippen LogP contribution in [0.4, 0.5) is 5.82 Å². The summed E-state index contributed by atoms with van der Waals surface area (Å²) < 4.78 is 2.07. The van der Waals surface area contributed by atoms with Crippen LogP contribution in [-0.4, -0.2) is 14.5 Å². The molecule has 0 bridgehead atoms. The van der Waals surface area contributed by atoms with E-state index in [1.54, 1.807) is 12.5 Å². The van der Waals surface area contributed by atoms with E-state index in [0.29, 0.717) is 5.82 Å². The molecule has 1 aliphatic heterocycles. The molecule has 2 N–H and O–H groups in total. The van der Waals surface area contributed by atoms with Gasteiger partial charge in [-0.25, -0.2) is 9.97 Å². The average Bonchev–Trinajstić information content (AvgIpc) is 2.57. The highest BCUT2D eigenvalue weighted by Crippen LogP contribution is 2.24. The fourth-order valence-electron chi connectivity index (χ4n) is 1.69. The van der Waals surface area contributed by atoms with E-state index in [4.69, 9.17) is 5.73 Å². The van der Waals surface area contributed by atoms with Crippen molar-refractivity contribution in [1.29, 1.82) is 0 Å². The number of imidazole rings is 1. The van der Waals surface area contributed by atoms with E-state index in [2.05, 4.69) is 26.7 Å². The summed E-state index contributed by atoms with van der Waals surface area (Å²) in [6.07, 6.45) is 7.72. The van der Waals surface area contributed by atoms with Gasteiger partial charge in [0.1, 0.15) is 5.52 Å². The number of hydrogen-bond donors (Lipinski definition) is 1. The summed E-state index contributed by atoms with van der Waals surface area (Å²) in [5.41, 5.74) is 8.70. The van der Waals surface area contributed by atoms with Crippen LogP contribution in [0.5, 0.6) is 0 Å². The molecule has 3 rings (SSSR count). The Hall–Kier alpha value is -1.84. The number of nitrogens with two attached hydrogens (primary N) is 1. The van der Waals surface area contributed by atoms with E-state index >= 15 is 0 Å². The van der Waals surface area contributed by atoms with Crippen molar-refractivity contribution >= 4 is 22.9 Å². The summed E-state index contributed by atoms with van der Waals surface area (Å²) in [4.78, 5) is 8.30. The Morgan fingerprint density at radius 1 is 1.38 bits per heavy atom. The van der Waals surface area contributed by atoms with E-state index in [1.807, 2.05) is 0 Å². The van der Waals surface area contributed by atoms with Gasteiger partial charge >= 0.3 is 0 Å². The molecule has 0 radical (unpaired) electrons. The third-order valence-electron chi connectivity index (χ3n) is 2.30. The van der Waals surface area contributed by atoms with Crippen molar-refractivity contribution in [1.82, 2.24) is 14.5 Å². The molecule has 0 aromatic carbocycles. The molecule has 4 nitrogen and oxygen atoms in total. The average molecular weight is 172 g/mol. The lowest BCUT2D eigenvalue weighted by Crippen LogP contribution is -2.00. The molecular formula is C9H8N4. The van der Waals surface area contributed by atoms with E-state index in [9.17, 15) is 0 Å². The number of allylic oxidation sites excluding steroid dienone is 1. The first-order valence-corrected chi connectivity index (χ1v) is 4.12. The van der Waals surface area contributed by atoms with Crippen LogP contribution >= 0.6 is 0 Å². The zero-order valence-corrected chi connectivity index (χ0v) is 6.94. The minimum absolute atomic E-state index is 0.507. The maximum absolute atomic E-state index is 5.71. The smallest absolute Gasteiger partial charge is 0.151 e. The fraction of sp³-hybridized carbons (Fsp3) is 0.111. The Balaban J connectivity index is 2.56. The molecule has 4 heteroatoms. The first-order valence-electron chi connectivity index (χ1n) is 4.12. The van der Waals surface area contributed by atoms with E-state index in [1.165, 1.54) is 0 Å². The number of nitrogens with zero attached hydrogens (tertiary/aromatic N) is 3. The Kier molecular flexibility index (Phi) is 1.07. The van der Waals surface area contributed by atoms with Crippen LogP contribution < -0.4 is 5.73 Å². The van der Waals surface area contributed by atoms with Crippen LogP contribution in [0.3, 0.4) is 0 Å². The van der Waals surface area contributed by atoms with Crippen LogP contribution in [-0.2, 0) is 6.54 Å². The van der Waals surface area contributed by atoms with Crippen molar-refractivity contribution in [2.24, 2.45) is 0 Å². The van der Waals surface area contributed by atoms with Crippen molar-refractivity contribution in [3.8, 4) is 0 Å². The van der Waals surface area contributed by atoms with Gasteiger partial charge in [0.25, 0.3) is 0 Å². The number of hydrogen-bond acceptors (Lipinski definition) is 3. The predicted molar refractivity (Wildman–Crippen MR) is 51.0 cm³/mol. The van der Waals surface area contributed by atoms with E-state index in [0.717, 1.165) is 23.1 Å². The molecule has 0 unspecified atom stereocenters. The Morgan fingerprint density at radius 2 is 2.31 bits per heavy atom.